The summed E-state index contributed by atoms with van der Waals surface area (Å²) in [5.41, 5.74) is 4.57. The lowest BCUT2D eigenvalue weighted by Gasteiger charge is -2.14. The molecule has 0 spiro atoms. The van der Waals surface area contributed by atoms with Gasteiger partial charge in [0.15, 0.2) is 0 Å². The predicted octanol–water partition coefficient (Wildman–Crippen LogP) is 3.71. The third kappa shape index (κ3) is 4.52. The molecule has 0 aliphatic carbocycles. The molecule has 150 valence electrons. The SMILES string of the molecule is [O-]C(=NCc1[nH]nc(-c2ccc(F)cc2)c1-c1ccncc1)OCc1ccccc1. The zero-order valence-corrected chi connectivity index (χ0v) is 16.0. The molecule has 4 rings (SSSR count). The van der Waals surface area contributed by atoms with Gasteiger partial charge in [0.25, 0.3) is 0 Å². The molecule has 0 fully saturated rings. The number of pyridine rings is 1. The van der Waals surface area contributed by atoms with E-state index in [1.807, 2.05) is 42.5 Å². The van der Waals surface area contributed by atoms with Crippen molar-refractivity contribution >= 4 is 6.08 Å². The zero-order chi connectivity index (χ0) is 20.8. The quantitative estimate of drug-likeness (QED) is 0.394. The van der Waals surface area contributed by atoms with Gasteiger partial charge in [0.1, 0.15) is 17.6 Å². The van der Waals surface area contributed by atoms with E-state index in [2.05, 4.69) is 20.2 Å². The van der Waals surface area contributed by atoms with Gasteiger partial charge in [-0.1, -0.05) is 30.3 Å². The third-order valence-electron chi connectivity index (χ3n) is 4.50. The maximum atomic E-state index is 13.3. The van der Waals surface area contributed by atoms with Crippen LogP contribution in [-0.2, 0) is 17.9 Å². The number of halogens is 1. The number of aromatic amines is 1. The lowest BCUT2D eigenvalue weighted by Crippen LogP contribution is -2.21. The first-order valence-corrected chi connectivity index (χ1v) is 9.32. The minimum absolute atomic E-state index is 0.0689. The number of hydrogen-bond acceptors (Lipinski definition) is 5. The van der Waals surface area contributed by atoms with Gasteiger partial charge in [-0.2, -0.15) is 5.10 Å². The third-order valence-corrected chi connectivity index (χ3v) is 4.50. The fraction of sp³-hybridized carbons (Fsp3) is 0.0870. The molecule has 0 saturated heterocycles. The number of aromatic nitrogens is 3. The van der Waals surface area contributed by atoms with E-state index in [-0.39, 0.29) is 19.0 Å². The number of rotatable bonds is 6. The molecule has 0 bridgehead atoms. The average Bonchev–Trinajstić information content (AvgIpc) is 3.22. The number of nitrogens with zero attached hydrogens (tertiary/aromatic N) is 3. The van der Waals surface area contributed by atoms with E-state index in [4.69, 9.17) is 4.74 Å². The van der Waals surface area contributed by atoms with Gasteiger partial charge in [0.2, 0.25) is 0 Å². The first-order chi connectivity index (χ1) is 14.7. The van der Waals surface area contributed by atoms with Gasteiger partial charge in [0.05, 0.1) is 12.2 Å². The number of H-pyrrole nitrogens is 1. The van der Waals surface area contributed by atoms with Crippen molar-refractivity contribution in [1.82, 2.24) is 15.2 Å². The van der Waals surface area contributed by atoms with E-state index < -0.39 is 6.08 Å². The summed E-state index contributed by atoms with van der Waals surface area (Å²) in [7, 11) is 0. The van der Waals surface area contributed by atoms with Crippen LogP contribution in [0.4, 0.5) is 4.39 Å². The van der Waals surface area contributed by atoms with Crippen molar-refractivity contribution in [2.24, 2.45) is 4.99 Å². The Morgan fingerprint density at radius 1 is 0.967 bits per heavy atom. The summed E-state index contributed by atoms with van der Waals surface area (Å²) in [5, 5.41) is 19.4. The Labute approximate surface area is 172 Å². The molecule has 0 amide bonds. The minimum Gasteiger partial charge on any atom is -0.596 e. The van der Waals surface area contributed by atoms with E-state index in [0.29, 0.717) is 11.4 Å². The smallest absolute Gasteiger partial charge is 0.146 e. The fourth-order valence-corrected chi connectivity index (χ4v) is 3.05. The number of benzene rings is 2. The second-order valence-corrected chi connectivity index (χ2v) is 6.52. The molecule has 0 saturated carbocycles. The van der Waals surface area contributed by atoms with E-state index in [9.17, 15) is 9.50 Å². The molecule has 2 aromatic carbocycles. The molecule has 7 heteroatoms. The number of nitrogens with one attached hydrogen (secondary N) is 1. The van der Waals surface area contributed by atoms with Crippen molar-refractivity contribution in [2.75, 3.05) is 0 Å². The van der Waals surface area contributed by atoms with Crippen LogP contribution >= 0.6 is 0 Å². The molecule has 1 N–H and O–H groups in total. The standard InChI is InChI=1S/C23H19FN4O2/c24-19-8-6-18(7-9-19)22-21(17-10-12-25-13-11-17)20(27-28-22)14-26-23(29)30-15-16-4-2-1-3-5-16/h1-13H,14-15H2,(H,26,29)(H,27,28)/p-1. The summed E-state index contributed by atoms with van der Waals surface area (Å²) in [5.74, 6) is -0.323. The van der Waals surface area contributed by atoms with Crippen LogP contribution in [0.3, 0.4) is 0 Å². The summed E-state index contributed by atoms with van der Waals surface area (Å²) in [6.45, 7) is 0.226. The maximum Gasteiger partial charge on any atom is 0.146 e. The molecule has 30 heavy (non-hydrogen) atoms. The second-order valence-electron chi connectivity index (χ2n) is 6.52. The Kier molecular flexibility index (Phi) is 5.80. The first kappa shape index (κ1) is 19.3. The van der Waals surface area contributed by atoms with Crippen LogP contribution in [0.25, 0.3) is 22.4 Å². The highest BCUT2D eigenvalue weighted by Gasteiger charge is 2.16. The van der Waals surface area contributed by atoms with Crippen LogP contribution in [0.2, 0.25) is 0 Å². The first-order valence-electron chi connectivity index (χ1n) is 9.32. The van der Waals surface area contributed by atoms with Crippen LogP contribution in [0.5, 0.6) is 0 Å². The Bertz CT molecular complexity index is 1130. The molecule has 0 atom stereocenters. The van der Waals surface area contributed by atoms with E-state index in [1.54, 1.807) is 24.5 Å². The molecule has 2 aromatic heterocycles. The Morgan fingerprint density at radius 2 is 1.70 bits per heavy atom. The Hall–Kier alpha value is -4.00. The van der Waals surface area contributed by atoms with E-state index >= 15 is 0 Å². The molecular weight excluding hydrogens is 383 g/mol. The number of hydrogen-bond donors (Lipinski definition) is 1. The summed E-state index contributed by atoms with van der Waals surface area (Å²) in [6.07, 6.45) is 2.69. The molecule has 0 aliphatic rings. The fourth-order valence-electron chi connectivity index (χ4n) is 3.05. The minimum atomic E-state index is -0.655. The molecule has 2 heterocycles. The maximum absolute atomic E-state index is 13.3. The molecular formula is C23H18FN4O2-. The Balaban J connectivity index is 1.59. The summed E-state index contributed by atoms with van der Waals surface area (Å²) >= 11 is 0. The molecule has 0 aliphatic heterocycles. The van der Waals surface area contributed by atoms with Crippen LogP contribution in [0.15, 0.2) is 84.1 Å². The summed E-state index contributed by atoms with van der Waals surface area (Å²) < 4.78 is 18.5. The van der Waals surface area contributed by atoms with Gasteiger partial charge in [-0.3, -0.25) is 15.1 Å². The number of ether oxygens (including phenoxy) is 1. The van der Waals surface area contributed by atoms with Crippen molar-refractivity contribution in [3.05, 3.63) is 96.2 Å². The zero-order valence-electron chi connectivity index (χ0n) is 16.0. The van der Waals surface area contributed by atoms with Crippen LogP contribution in [0, 0.1) is 5.82 Å². The predicted molar refractivity (Wildman–Crippen MR) is 110 cm³/mol. The van der Waals surface area contributed by atoms with Gasteiger partial charge in [-0.25, -0.2) is 4.39 Å². The van der Waals surface area contributed by atoms with Crippen LogP contribution < -0.4 is 5.11 Å². The van der Waals surface area contributed by atoms with Gasteiger partial charge >= 0.3 is 0 Å². The van der Waals surface area contributed by atoms with Crippen LogP contribution in [0.1, 0.15) is 11.3 Å². The van der Waals surface area contributed by atoms with Gasteiger partial charge in [-0.05, 0) is 47.5 Å². The highest BCUT2D eigenvalue weighted by atomic mass is 19.1. The molecule has 6 nitrogen and oxygen atoms in total. The summed E-state index contributed by atoms with van der Waals surface area (Å²) in [6, 6.07) is 19.2. The van der Waals surface area contributed by atoms with E-state index in [1.165, 1.54) is 12.1 Å². The molecule has 0 radical (unpaired) electrons. The van der Waals surface area contributed by atoms with Crippen molar-refractivity contribution < 1.29 is 14.2 Å². The average molecular weight is 401 g/mol. The van der Waals surface area contributed by atoms with Crippen LogP contribution in [-0.4, -0.2) is 21.3 Å². The van der Waals surface area contributed by atoms with Crippen molar-refractivity contribution in [2.45, 2.75) is 13.2 Å². The Morgan fingerprint density at radius 3 is 2.43 bits per heavy atom. The summed E-state index contributed by atoms with van der Waals surface area (Å²) in [4.78, 5) is 8.06. The van der Waals surface area contributed by atoms with Gasteiger partial charge in [0, 0.05) is 30.1 Å². The topological polar surface area (TPSA) is 86.2 Å². The monoisotopic (exact) mass is 401 g/mol. The normalized spacial score (nSPS) is 11.4. The van der Waals surface area contributed by atoms with Crippen molar-refractivity contribution in [3.8, 4) is 22.4 Å². The largest absolute Gasteiger partial charge is 0.596 e. The molecule has 4 aromatic rings. The van der Waals surface area contributed by atoms with Crippen molar-refractivity contribution in [1.29, 1.82) is 0 Å². The highest BCUT2D eigenvalue weighted by Crippen LogP contribution is 2.33. The lowest BCUT2D eigenvalue weighted by molar-refractivity contribution is -0.252. The highest BCUT2D eigenvalue weighted by molar-refractivity contribution is 5.82. The van der Waals surface area contributed by atoms with Crippen molar-refractivity contribution in [3.63, 3.8) is 0 Å². The van der Waals surface area contributed by atoms with Gasteiger partial charge < -0.3 is 9.84 Å². The molecule has 0 unspecified atom stereocenters. The van der Waals surface area contributed by atoms with E-state index in [0.717, 1.165) is 22.3 Å². The lowest BCUT2D eigenvalue weighted by atomic mass is 10.00. The number of aliphatic imine (C=N–C) groups is 1. The van der Waals surface area contributed by atoms with Gasteiger partial charge in [-0.15, -0.1) is 0 Å². The second kappa shape index (κ2) is 9.00.